The maximum absolute atomic E-state index is 12.4. The Morgan fingerprint density at radius 1 is 1.18 bits per heavy atom. The number of hydrogen-bond acceptors (Lipinski definition) is 6. The molecule has 0 unspecified atom stereocenters. The van der Waals surface area contributed by atoms with E-state index in [1.165, 1.54) is 0 Å². The van der Waals surface area contributed by atoms with Crippen LogP contribution in [0.5, 0.6) is 0 Å². The quantitative estimate of drug-likeness (QED) is 0.692. The Balaban J connectivity index is 1.91. The summed E-state index contributed by atoms with van der Waals surface area (Å²) >= 11 is 0. The summed E-state index contributed by atoms with van der Waals surface area (Å²) in [5.74, 6) is 0.348. The third kappa shape index (κ3) is 2.81. The van der Waals surface area contributed by atoms with E-state index in [0.717, 1.165) is 22.2 Å². The number of carbonyl (C=O) groups excluding carboxylic acids is 1. The van der Waals surface area contributed by atoms with Gasteiger partial charge in [0, 0.05) is 11.1 Å². The molecule has 0 spiro atoms. The number of fused-ring (bicyclic) bond motifs is 1. The second kappa shape index (κ2) is 5.55. The molecule has 0 aliphatic rings. The number of carbonyl (C=O) groups is 1. The lowest BCUT2D eigenvalue weighted by atomic mass is 10.1. The van der Waals surface area contributed by atoms with E-state index in [2.05, 4.69) is 15.1 Å². The van der Waals surface area contributed by atoms with Crippen molar-refractivity contribution in [3.05, 3.63) is 52.8 Å². The average Bonchev–Trinajstić information content (AvgIpc) is 2.90. The average molecular weight is 297 g/mol. The van der Waals surface area contributed by atoms with Crippen LogP contribution in [-0.2, 0) is 11.3 Å². The maximum Gasteiger partial charge on any atom is 0.339 e. The van der Waals surface area contributed by atoms with E-state index in [-0.39, 0.29) is 12.5 Å². The van der Waals surface area contributed by atoms with Crippen molar-refractivity contribution >= 4 is 16.9 Å². The Bertz CT molecular complexity index is 855. The third-order valence-electron chi connectivity index (χ3n) is 3.21. The van der Waals surface area contributed by atoms with Crippen molar-refractivity contribution in [2.24, 2.45) is 0 Å². The lowest BCUT2D eigenvalue weighted by molar-refractivity contribution is 0.0432. The van der Waals surface area contributed by atoms with E-state index in [1.807, 2.05) is 32.0 Å². The number of rotatable bonds is 3. The molecule has 22 heavy (non-hydrogen) atoms. The number of nitrogens with zero attached hydrogens (tertiary/aromatic N) is 3. The molecule has 0 bridgehead atoms. The lowest BCUT2D eigenvalue weighted by Crippen LogP contribution is -2.07. The van der Waals surface area contributed by atoms with Crippen LogP contribution in [0.1, 0.15) is 33.3 Å². The van der Waals surface area contributed by atoms with Gasteiger partial charge >= 0.3 is 5.97 Å². The predicted octanol–water partition coefficient (Wildman–Crippen LogP) is 2.90. The van der Waals surface area contributed by atoms with Gasteiger partial charge in [0.25, 0.3) is 5.89 Å². The molecule has 0 aliphatic heterocycles. The number of aromatic nitrogens is 3. The van der Waals surface area contributed by atoms with Gasteiger partial charge in [0.05, 0.1) is 11.1 Å². The zero-order valence-corrected chi connectivity index (χ0v) is 12.6. The van der Waals surface area contributed by atoms with E-state index in [0.29, 0.717) is 11.4 Å². The number of esters is 1. The molecule has 1 aromatic carbocycles. The smallest absolute Gasteiger partial charge is 0.339 e. The van der Waals surface area contributed by atoms with Crippen molar-refractivity contribution in [2.45, 2.75) is 27.4 Å². The highest BCUT2D eigenvalue weighted by molar-refractivity contribution is 6.03. The standard InChI is InChI=1S/C16H15N3O3/c1-9-4-5-14-12(6-9)13(7-10(2)17-14)16(20)21-8-15-18-11(3)19-22-15/h4-7H,8H2,1-3H3. The Kier molecular flexibility index (Phi) is 3.58. The molecule has 0 atom stereocenters. The number of ether oxygens (including phenoxy) is 1. The minimum Gasteiger partial charge on any atom is -0.452 e. The fourth-order valence-corrected chi connectivity index (χ4v) is 2.24. The molecule has 2 heterocycles. The van der Waals surface area contributed by atoms with Gasteiger partial charge in [-0.05, 0) is 39.0 Å². The van der Waals surface area contributed by atoms with Crippen LogP contribution in [0.2, 0.25) is 0 Å². The van der Waals surface area contributed by atoms with Gasteiger partial charge in [-0.2, -0.15) is 4.98 Å². The summed E-state index contributed by atoms with van der Waals surface area (Å²) in [5, 5.41) is 4.43. The molecule has 3 rings (SSSR count). The van der Waals surface area contributed by atoms with Gasteiger partial charge in [-0.1, -0.05) is 16.8 Å². The summed E-state index contributed by atoms with van der Waals surface area (Å²) < 4.78 is 10.2. The van der Waals surface area contributed by atoms with Crippen molar-refractivity contribution in [1.82, 2.24) is 15.1 Å². The first-order chi connectivity index (χ1) is 10.5. The van der Waals surface area contributed by atoms with Gasteiger partial charge in [-0.25, -0.2) is 4.79 Å². The van der Waals surface area contributed by atoms with Gasteiger partial charge in [0.15, 0.2) is 12.4 Å². The molecular formula is C16H15N3O3. The summed E-state index contributed by atoms with van der Waals surface area (Å²) in [6, 6.07) is 7.51. The molecule has 0 saturated heterocycles. The summed E-state index contributed by atoms with van der Waals surface area (Å²) in [6.45, 7) is 5.47. The highest BCUT2D eigenvalue weighted by atomic mass is 16.6. The van der Waals surface area contributed by atoms with Crippen molar-refractivity contribution < 1.29 is 14.1 Å². The van der Waals surface area contributed by atoms with E-state index < -0.39 is 5.97 Å². The Morgan fingerprint density at radius 2 is 2.00 bits per heavy atom. The molecule has 0 N–H and O–H groups in total. The zero-order chi connectivity index (χ0) is 15.7. The highest BCUT2D eigenvalue weighted by Crippen LogP contribution is 2.21. The summed E-state index contributed by atoms with van der Waals surface area (Å²) in [5.41, 5.74) is 3.07. The first-order valence-electron chi connectivity index (χ1n) is 6.87. The molecule has 6 nitrogen and oxygen atoms in total. The van der Waals surface area contributed by atoms with Crippen LogP contribution in [0.4, 0.5) is 0 Å². The molecule has 3 aromatic rings. The second-order valence-electron chi connectivity index (χ2n) is 5.14. The van der Waals surface area contributed by atoms with Gasteiger partial charge < -0.3 is 9.26 Å². The lowest BCUT2D eigenvalue weighted by Gasteiger charge is -2.08. The first kappa shape index (κ1) is 14.2. The fraction of sp³-hybridized carbons (Fsp3) is 0.250. The largest absolute Gasteiger partial charge is 0.452 e. The van der Waals surface area contributed by atoms with Crippen molar-refractivity contribution in [3.8, 4) is 0 Å². The van der Waals surface area contributed by atoms with Crippen LogP contribution in [0.3, 0.4) is 0 Å². The number of pyridine rings is 1. The van der Waals surface area contributed by atoms with Gasteiger partial charge in [0.2, 0.25) is 0 Å². The number of hydrogen-bond donors (Lipinski definition) is 0. The topological polar surface area (TPSA) is 78.1 Å². The Morgan fingerprint density at radius 3 is 2.73 bits per heavy atom. The van der Waals surface area contributed by atoms with Crippen LogP contribution in [0, 0.1) is 20.8 Å². The second-order valence-corrected chi connectivity index (χ2v) is 5.14. The molecule has 0 amide bonds. The molecular weight excluding hydrogens is 282 g/mol. The minimum atomic E-state index is -0.433. The Labute approximate surface area is 127 Å². The Hall–Kier alpha value is -2.76. The van der Waals surface area contributed by atoms with Crippen LogP contribution < -0.4 is 0 Å². The molecule has 0 saturated carbocycles. The van der Waals surface area contributed by atoms with Crippen LogP contribution in [0.25, 0.3) is 10.9 Å². The van der Waals surface area contributed by atoms with E-state index in [9.17, 15) is 4.79 Å². The molecule has 6 heteroatoms. The molecule has 0 radical (unpaired) electrons. The van der Waals surface area contributed by atoms with Crippen LogP contribution in [0.15, 0.2) is 28.8 Å². The van der Waals surface area contributed by atoms with Gasteiger partial charge in [-0.15, -0.1) is 0 Å². The molecule has 112 valence electrons. The van der Waals surface area contributed by atoms with Gasteiger partial charge in [0.1, 0.15) is 0 Å². The van der Waals surface area contributed by atoms with E-state index >= 15 is 0 Å². The van der Waals surface area contributed by atoms with E-state index in [1.54, 1.807) is 13.0 Å². The maximum atomic E-state index is 12.4. The first-order valence-corrected chi connectivity index (χ1v) is 6.87. The monoisotopic (exact) mass is 297 g/mol. The van der Waals surface area contributed by atoms with Crippen LogP contribution in [-0.4, -0.2) is 21.1 Å². The molecule has 0 aliphatic carbocycles. The number of aryl methyl sites for hydroxylation is 3. The normalized spacial score (nSPS) is 10.9. The molecule has 0 fully saturated rings. The van der Waals surface area contributed by atoms with E-state index in [4.69, 9.17) is 9.26 Å². The summed E-state index contributed by atoms with van der Waals surface area (Å²) in [6.07, 6.45) is 0. The number of benzene rings is 1. The fourth-order valence-electron chi connectivity index (χ4n) is 2.24. The zero-order valence-electron chi connectivity index (χ0n) is 12.6. The van der Waals surface area contributed by atoms with Crippen molar-refractivity contribution in [2.75, 3.05) is 0 Å². The van der Waals surface area contributed by atoms with Gasteiger partial charge in [-0.3, -0.25) is 4.98 Å². The predicted molar refractivity (Wildman–Crippen MR) is 79.4 cm³/mol. The molecule has 2 aromatic heterocycles. The highest BCUT2D eigenvalue weighted by Gasteiger charge is 2.15. The SMILES string of the molecule is Cc1ccc2nc(C)cc(C(=O)OCc3nc(C)no3)c2c1. The van der Waals surface area contributed by atoms with Crippen molar-refractivity contribution in [1.29, 1.82) is 0 Å². The summed E-state index contributed by atoms with van der Waals surface area (Å²) in [4.78, 5) is 20.8. The summed E-state index contributed by atoms with van der Waals surface area (Å²) in [7, 11) is 0. The minimum absolute atomic E-state index is 0.0473. The third-order valence-corrected chi connectivity index (χ3v) is 3.21. The van der Waals surface area contributed by atoms with Crippen molar-refractivity contribution in [3.63, 3.8) is 0 Å². The van der Waals surface area contributed by atoms with Crippen LogP contribution >= 0.6 is 0 Å².